The number of hydrogen-bond acceptors (Lipinski definition) is 4. The summed E-state index contributed by atoms with van der Waals surface area (Å²) in [6.07, 6.45) is 2.40. The van der Waals surface area contributed by atoms with Gasteiger partial charge in [0, 0.05) is 24.5 Å². The number of aryl methyl sites for hydroxylation is 1. The van der Waals surface area contributed by atoms with Gasteiger partial charge < -0.3 is 15.5 Å². The summed E-state index contributed by atoms with van der Waals surface area (Å²) in [5, 5.41) is 5.62. The van der Waals surface area contributed by atoms with Crippen LogP contribution in [0.2, 0.25) is 0 Å². The molecule has 1 unspecified atom stereocenters. The predicted molar refractivity (Wildman–Crippen MR) is 129 cm³/mol. The minimum Gasteiger partial charge on any atom is -0.372 e. The quantitative estimate of drug-likeness (QED) is 0.651. The maximum absolute atomic E-state index is 13.2. The van der Waals surface area contributed by atoms with Crippen LogP contribution in [0.15, 0.2) is 42.5 Å². The molecular weight excluding hydrogens is 416 g/mol. The van der Waals surface area contributed by atoms with Crippen molar-refractivity contribution in [3.05, 3.63) is 59.2 Å². The zero-order valence-electron chi connectivity index (χ0n) is 19.8. The first-order valence-electron chi connectivity index (χ1n) is 11.6. The van der Waals surface area contributed by atoms with Crippen LogP contribution < -0.4 is 15.5 Å². The highest BCUT2D eigenvalue weighted by Crippen LogP contribution is 2.30. The van der Waals surface area contributed by atoms with E-state index in [4.69, 9.17) is 0 Å². The number of hydrogen-bond donors (Lipinski definition) is 2. The largest absolute Gasteiger partial charge is 0.372 e. The van der Waals surface area contributed by atoms with Crippen molar-refractivity contribution in [3.63, 3.8) is 0 Å². The summed E-state index contributed by atoms with van der Waals surface area (Å²) in [6, 6.07) is 13.0. The van der Waals surface area contributed by atoms with Crippen molar-refractivity contribution in [3.8, 4) is 0 Å². The minimum absolute atomic E-state index is 0.336. The van der Waals surface area contributed by atoms with Gasteiger partial charge >= 0.3 is 6.03 Å². The highest BCUT2D eigenvalue weighted by molar-refractivity contribution is 6.10. The van der Waals surface area contributed by atoms with Gasteiger partial charge in [-0.3, -0.25) is 14.5 Å². The van der Waals surface area contributed by atoms with Gasteiger partial charge in [0.15, 0.2) is 0 Å². The van der Waals surface area contributed by atoms with Crippen LogP contribution in [0.5, 0.6) is 0 Å². The van der Waals surface area contributed by atoms with Gasteiger partial charge in [-0.05, 0) is 67.5 Å². The fraction of sp³-hybridized carbons (Fsp3) is 0.423. The molecule has 4 rings (SSSR count). The number of amides is 4. The molecule has 2 N–H and O–H groups in total. The van der Waals surface area contributed by atoms with E-state index in [9.17, 15) is 14.4 Å². The zero-order chi connectivity index (χ0) is 23.8. The van der Waals surface area contributed by atoms with Gasteiger partial charge in [0.2, 0.25) is 5.91 Å². The Bertz CT molecular complexity index is 1070. The van der Waals surface area contributed by atoms with Crippen molar-refractivity contribution in [1.29, 1.82) is 0 Å². The molecule has 0 aliphatic carbocycles. The molecule has 1 atom stereocenters. The number of nitrogens with one attached hydrogen (secondary N) is 2. The fourth-order valence-corrected chi connectivity index (χ4v) is 4.53. The molecule has 0 spiro atoms. The number of urea groups is 1. The molecule has 2 aromatic rings. The standard InChI is InChI=1S/C26H32N4O3/c1-17(2)19-7-9-20(10-8-19)26(4)24(32)30(25(33)28-26)16-23(31)27-22-12-11-21(15-18(22)3)29-13-5-6-14-29/h7-12,15,17H,5-6,13-14,16H2,1-4H3,(H,27,31)(H,28,33). The van der Waals surface area contributed by atoms with Crippen molar-refractivity contribution in [2.45, 2.75) is 52.0 Å². The van der Waals surface area contributed by atoms with Gasteiger partial charge in [0.1, 0.15) is 12.1 Å². The molecule has 0 saturated carbocycles. The average molecular weight is 449 g/mol. The Kier molecular flexibility index (Phi) is 6.15. The van der Waals surface area contributed by atoms with Crippen LogP contribution in [0, 0.1) is 6.92 Å². The molecule has 33 heavy (non-hydrogen) atoms. The van der Waals surface area contributed by atoms with Crippen LogP contribution in [-0.4, -0.2) is 42.4 Å². The van der Waals surface area contributed by atoms with E-state index in [1.807, 2.05) is 43.3 Å². The number of anilines is 2. The summed E-state index contributed by atoms with van der Waals surface area (Å²) in [5.41, 5.74) is 3.43. The molecule has 0 aromatic heterocycles. The third-order valence-corrected chi connectivity index (χ3v) is 6.69. The van der Waals surface area contributed by atoms with Gasteiger partial charge in [-0.15, -0.1) is 0 Å². The first kappa shape index (κ1) is 22.8. The summed E-state index contributed by atoms with van der Waals surface area (Å²) < 4.78 is 0. The molecule has 4 amide bonds. The molecule has 174 valence electrons. The second kappa shape index (κ2) is 8.89. The highest BCUT2D eigenvalue weighted by Gasteiger charge is 2.49. The maximum atomic E-state index is 13.2. The SMILES string of the molecule is Cc1cc(N2CCCC2)ccc1NC(=O)CN1C(=O)NC(C)(c2ccc(C(C)C)cc2)C1=O. The molecule has 2 saturated heterocycles. The Morgan fingerprint density at radius 2 is 1.76 bits per heavy atom. The number of carbonyl (C=O) groups excluding carboxylic acids is 3. The van der Waals surface area contributed by atoms with Crippen molar-refractivity contribution in [2.24, 2.45) is 0 Å². The van der Waals surface area contributed by atoms with Crippen LogP contribution in [0.25, 0.3) is 0 Å². The summed E-state index contributed by atoms with van der Waals surface area (Å²) in [6.45, 7) is 9.59. The molecule has 7 heteroatoms. The van der Waals surface area contributed by atoms with E-state index in [-0.39, 0.29) is 6.54 Å². The van der Waals surface area contributed by atoms with Crippen molar-refractivity contribution >= 4 is 29.2 Å². The number of rotatable bonds is 6. The summed E-state index contributed by atoms with van der Waals surface area (Å²) in [5.74, 6) is -0.468. The minimum atomic E-state index is -1.19. The second-order valence-corrected chi connectivity index (χ2v) is 9.46. The average Bonchev–Trinajstić information content (AvgIpc) is 3.39. The smallest absolute Gasteiger partial charge is 0.325 e. The number of imide groups is 1. The number of nitrogens with zero attached hydrogens (tertiary/aromatic N) is 2. The van der Waals surface area contributed by atoms with Crippen LogP contribution >= 0.6 is 0 Å². The third-order valence-electron chi connectivity index (χ3n) is 6.69. The normalized spacial score (nSPS) is 20.5. The van der Waals surface area contributed by atoms with E-state index >= 15 is 0 Å². The monoisotopic (exact) mass is 448 g/mol. The Morgan fingerprint density at radius 1 is 1.09 bits per heavy atom. The van der Waals surface area contributed by atoms with Gasteiger partial charge in [-0.1, -0.05) is 38.1 Å². The highest BCUT2D eigenvalue weighted by atomic mass is 16.2. The molecule has 7 nitrogen and oxygen atoms in total. The maximum Gasteiger partial charge on any atom is 0.325 e. The van der Waals surface area contributed by atoms with E-state index in [1.165, 1.54) is 12.8 Å². The molecule has 2 fully saturated rings. The lowest BCUT2D eigenvalue weighted by atomic mass is 9.90. The molecule has 2 aliphatic heterocycles. The summed E-state index contributed by atoms with van der Waals surface area (Å²) in [7, 11) is 0. The Balaban J connectivity index is 1.44. The lowest BCUT2D eigenvalue weighted by Crippen LogP contribution is -2.42. The van der Waals surface area contributed by atoms with Crippen LogP contribution in [0.1, 0.15) is 56.2 Å². The van der Waals surface area contributed by atoms with E-state index in [1.54, 1.807) is 6.92 Å². The predicted octanol–water partition coefficient (Wildman–Crippen LogP) is 4.12. The van der Waals surface area contributed by atoms with Gasteiger partial charge in [-0.25, -0.2) is 4.79 Å². The molecule has 2 aromatic carbocycles. The number of benzene rings is 2. The van der Waals surface area contributed by atoms with E-state index < -0.39 is 23.4 Å². The molecule has 0 bridgehead atoms. The fourth-order valence-electron chi connectivity index (χ4n) is 4.53. The van der Waals surface area contributed by atoms with Crippen LogP contribution in [0.4, 0.5) is 16.2 Å². The Morgan fingerprint density at radius 3 is 2.36 bits per heavy atom. The number of carbonyl (C=O) groups is 3. The van der Waals surface area contributed by atoms with Gasteiger partial charge in [0.05, 0.1) is 0 Å². The first-order valence-corrected chi connectivity index (χ1v) is 11.6. The lowest BCUT2D eigenvalue weighted by Gasteiger charge is -2.23. The first-order chi connectivity index (χ1) is 15.7. The second-order valence-electron chi connectivity index (χ2n) is 9.46. The molecule has 0 radical (unpaired) electrons. The van der Waals surface area contributed by atoms with Crippen molar-refractivity contribution < 1.29 is 14.4 Å². The topological polar surface area (TPSA) is 81.8 Å². The van der Waals surface area contributed by atoms with Crippen LogP contribution in [-0.2, 0) is 15.1 Å². The Labute approximate surface area is 195 Å². The van der Waals surface area contributed by atoms with Crippen LogP contribution in [0.3, 0.4) is 0 Å². The van der Waals surface area contributed by atoms with Crippen molar-refractivity contribution in [2.75, 3.05) is 29.9 Å². The van der Waals surface area contributed by atoms with E-state index in [0.717, 1.165) is 34.8 Å². The van der Waals surface area contributed by atoms with Gasteiger partial charge in [0.25, 0.3) is 5.91 Å². The zero-order valence-corrected chi connectivity index (χ0v) is 19.8. The molecule has 2 heterocycles. The van der Waals surface area contributed by atoms with Gasteiger partial charge in [-0.2, -0.15) is 0 Å². The lowest BCUT2D eigenvalue weighted by molar-refractivity contribution is -0.133. The Hall–Kier alpha value is -3.35. The third kappa shape index (κ3) is 4.45. The summed E-state index contributed by atoms with van der Waals surface area (Å²) >= 11 is 0. The van der Waals surface area contributed by atoms with E-state index in [0.29, 0.717) is 17.2 Å². The molecular formula is C26H32N4O3. The molecule has 2 aliphatic rings. The van der Waals surface area contributed by atoms with Crippen molar-refractivity contribution in [1.82, 2.24) is 10.2 Å². The summed E-state index contributed by atoms with van der Waals surface area (Å²) in [4.78, 5) is 41.8. The van der Waals surface area contributed by atoms with E-state index in [2.05, 4.69) is 35.4 Å².